The van der Waals surface area contributed by atoms with Crippen molar-refractivity contribution in [1.82, 2.24) is 4.98 Å². The molecule has 0 amide bonds. The number of benzene rings is 2. The minimum atomic E-state index is 0.702. The zero-order chi connectivity index (χ0) is 15.0. The maximum absolute atomic E-state index is 6.06. The van der Waals surface area contributed by atoms with Gasteiger partial charge in [-0.15, -0.1) is 0 Å². The molecule has 3 rings (SSSR count). The first kappa shape index (κ1) is 13.9. The lowest BCUT2D eigenvalue weighted by atomic mass is 10.1. The highest BCUT2D eigenvalue weighted by atomic mass is 79.9. The number of nitrogens with two attached hydrogens (primary N) is 1. The van der Waals surface area contributed by atoms with Crippen molar-refractivity contribution >= 4 is 32.4 Å². The fourth-order valence-corrected chi connectivity index (χ4v) is 2.81. The van der Waals surface area contributed by atoms with Crippen LogP contribution in [0.3, 0.4) is 0 Å². The molecule has 0 aliphatic heterocycles. The van der Waals surface area contributed by atoms with Gasteiger partial charge in [-0.1, -0.05) is 6.07 Å². The molecule has 1 heterocycles. The van der Waals surface area contributed by atoms with Gasteiger partial charge in [-0.2, -0.15) is 0 Å². The topological polar surface area (TPSA) is 48.1 Å². The summed E-state index contributed by atoms with van der Waals surface area (Å²) in [6.07, 6.45) is 1.79. The minimum Gasteiger partial charge on any atom is -0.456 e. The molecule has 0 radical (unpaired) electrons. The van der Waals surface area contributed by atoms with E-state index in [4.69, 9.17) is 10.5 Å². The number of pyridine rings is 1. The molecule has 0 saturated carbocycles. The number of rotatable bonds is 2. The van der Waals surface area contributed by atoms with Crippen molar-refractivity contribution in [2.45, 2.75) is 13.8 Å². The molecular formula is C17H15BrN2O. The molecule has 0 fully saturated rings. The maximum Gasteiger partial charge on any atom is 0.141 e. The Morgan fingerprint density at radius 3 is 2.52 bits per heavy atom. The number of aryl methyl sites for hydroxylation is 2. The van der Waals surface area contributed by atoms with Crippen LogP contribution in [0.5, 0.6) is 11.5 Å². The quantitative estimate of drug-likeness (QED) is 0.667. The van der Waals surface area contributed by atoms with E-state index in [1.54, 1.807) is 6.20 Å². The molecule has 4 heteroatoms. The molecule has 0 atom stereocenters. The molecule has 0 aliphatic carbocycles. The lowest BCUT2D eigenvalue weighted by Gasteiger charge is -2.12. The SMILES string of the molecule is Cc1ccc(Oc2ccc(N)c3cnc(C)cc23)c(Br)c1. The highest BCUT2D eigenvalue weighted by Gasteiger charge is 2.09. The van der Waals surface area contributed by atoms with Crippen LogP contribution < -0.4 is 10.5 Å². The molecule has 0 bridgehead atoms. The Kier molecular flexibility index (Phi) is 3.55. The molecule has 0 unspecified atom stereocenters. The number of hydrogen-bond donors (Lipinski definition) is 1. The van der Waals surface area contributed by atoms with Gasteiger partial charge in [0.05, 0.1) is 4.47 Å². The number of nitrogens with zero attached hydrogens (tertiary/aromatic N) is 1. The lowest BCUT2D eigenvalue weighted by molar-refractivity contribution is 0.485. The molecular weight excluding hydrogens is 328 g/mol. The third kappa shape index (κ3) is 2.72. The molecule has 0 saturated heterocycles. The van der Waals surface area contributed by atoms with Gasteiger partial charge in [0, 0.05) is 28.4 Å². The average molecular weight is 343 g/mol. The Hall–Kier alpha value is -2.07. The van der Waals surface area contributed by atoms with Gasteiger partial charge in [-0.05, 0) is 65.7 Å². The van der Waals surface area contributed by atoms with Crippen LogP contribution >= 0.6 is 15.9 Å². The third-order valence-corrected chi connectivity index (χ3v) is 3.96. The number of fused-ring (bicyclic) bond motifs is 1. The Labute approximate surface area is 131 Å². The summed E-state index contributed by atoms with van der Waals surface area (Å²) in [6, 6.07) is 11.7. The minimum absolute atomic E-state index is 0.702. The van der Waals surface area contributed by atoms with Crippen LogP contribution in [0.25, 0.3) is 10.8 Å². The van der Waals surface area contributed by atoms with E-state index in [9.17, 15) is 0 Å². The largest absolute Gasteiger partial charge is 0.456 e. The second-order valence-corrected chi connectivity index (χ2v) is 5.91. The monoisotopic (exact) mass is 342 g/mol. The Morgan fingerprint density at radius 1 is 1.00 bits per heavy atom. The summed E-state index contributed by atoms with van der Waals surface area (Å²) in [5.41, 5.74) is 8.82. The summed E-state index contributed by atoms with van der Waals surface area (Å²) in [6.45, 7) is 4.00. The Morgan fingerprint density at radius 2 is 1.76 bits per heavy atom. The van der Waals surface area contributed by atoms with E-state index in [1.807, 2.05) is 50.2 Å². The van der Waals surface area contributed by atoms with Crippen LogP contribution in [0, 0.1) is 13.8 Å². The van der Waals surface area contributed by atoms with Crippen molar-refractivity contribution < 1.29 is 4.74 Å². The van der Waals surface area contributed by atoms with Crippen LogP contribution in [0.4, 0.5) is 5.69 Å². The van der Waals surface area contributed by atoms with Gasteiger partial charge in [-0.25, -0.2) is 0 Å². The molecule has 2 N–H and O–H groups in total. The van der Waals surface area contributed by atoms with Crippen molar-refractivity contribution in [3.05, 3.63) is 58.3 Å². The van der Waals surface area contributed by atoms with E-state index in [1.165, 1.54) is 5.56 Å². The van der Waals surface area contributed by atoms with Crippen molar-refractivity contribution in [2.24, 2.45) is 0 Å². The number of aromatic nitrogens is 1. The first-order chi connectivity index (χ1) is 10.0. The standard InChI is InChI=1S/C17H15BrN2O/c1-10-3-5-17(14(18)7-10)21-16-6-4-15(19)13-9-20-11(2)8-12(13)16/h3-9H,19H2,1-2H3. The summed E-state index contributed by atoms with van der Waals surface area (Å²) in [4.78, 5) is 4.30. The van der Waals surface area contributed by atoms with E-state index in [-0.39, 0.29) is 0 Å². The third-order valence-electron chi connectivity index (χ3n) is 3.34. The number of hydrogen-bond acceptors (Lipinski definition) is 3. The summed E-state index contributed by atoms with van der Waals surface area (Å²) in [5.74, 6) is 1.55. The summed E-state index contributed by atoms with van der Waals surface area (Å²) < 4.78 is 6.99. The number of halogens is 1. The number of ether oxygens (including phenoxy) is 1. The van der Waals surface area contributed by atoms with Crippen LogP contribution in [0.15, 0.2) is 47.1 Å². The predicted octanol–water partition coefficient (Wildman–Crippen LogP) is 4.99. The summed E-state index contributed by atoms with van der Waals surface area (Å²) in [5, 5.41) is 1.87. The van der Waals surface area contributed by atoms with Crippen LogP contribution in [0.2, 0.25) is 0 Å². The van der Waals surface area contributed by atoms with E-state index in [2.05, 4.69) is 20.9 Å². The van der Waals surface area contributed by atoms with Gasteiger partial charge < -0.3 is 10.5 Å². The van der Waals surface area contributed by atoms with E-state index >= 15 is 0 Å². The summed E-state index contributed by atoms with van der Waals surface area (Å²) >= 11 is 3.54. The zero-order valence-electron chi connectivity index (χ0n) is 11.9. The molecule has 3 aromatic rings. The van der Waals surface area contributed by atoms with Crippen molar-refractivity contribution in [3.8, 4) is 11.5 Å². The van der Waals surface area contributed by atoms with E-state index in [0.717, 1.165) is 32.4 Å². The van der Waals surface area contributed by atoms with Gasteiger partial charge in [0.1, 0.15) is 11.5 Å². The van der Waals surface area contributed by atoms with Crippen LogP contribution in [-0.4, -0.2) is 4.98 Å². The van der Waals surface area contributed by atoms with Gasteiger partial charge in [0.25, 0.3) is 0 Å². The second kappa shape index (κ2) is 5.37. The Balaban J connectivity index is 2.12. The highest BCUT2D eigenvalue weighted by molar-refractivity contribution is 9.10. The van der Waals surface area contributed by atoms with Gasteiger partial charge >= 0.3 is 0 Å². The van der Waals surface area contributed by atoms with Gasteiger partial charge in [0.2, 0.25) is 0 Å². The first-order valence-corrected chi connectivity index (χ1v) is 7.43. The smallest absolute Gasteiger partial charge is 0.141 e. The molecule has 2 aromatic carbocycles. The van der Waals surface area contributed by atoms with E-state index in [0.29, 0.717) is 5.69 Å². The Bertz CT molecular complexity index is 830. The van der Waals surface area contributed by atoms with Crippen LogP contribution in [0.1, 0.15) is 11.3 Å². The molecule has 3 nitrogen and oxygen atoms in total. The molecule has 1 aromatic heterocycles. The van der Waals surface area contributed by atoms with Crippen molar-refractivity contribution in [3.63, 3.8) is 0 Å². The highest BCUT2D eigenvalue weighted by Crippen LogP contribution is 2.36. The fourth-order valence-electron chi connectivity index (χ4n) is 2.23. The molecule has 21 heavy (non-hydrogen) atoms. The lowest BCUT2D eigenvalue weighted by Crippen LogP contribution is -1.93. The normalized spacial score (nSPS) is 10.8. The zero-order valence-corrected chi connectivity index (χ0v) is 13.4. The molecule has 106 valence electrons. The first-order valence-electron chi connectivity index (χ1n) is 6.63. The predicted molar refractivity (Wildman–Crippen MR) is 89.8 cm³/mol. The molecule has 0 spiro atoms. The number of nitrogen functional groups attached to an aromatic ring is 1. The van der Waals surface area contributed by atoms with Crippen LogP contribution in [-0.2, 0) is 0 Å². The van der Waals surface area contributed by atoms with E-state index < -0.39 is 0 Å². The average Bonchev–Trinajstić information content (AvgIpc) is 2.44. The van der Waals surface area contributed by atoms with Gasteiger partial charge in [-0.3, -0.25) is 4.98 Å². The molecule has 0 aliphatic rings. The van der Waals surface area contributed by atoms with Gasteiger partial charge in [0.15, 0.2) is 0 Å². The summed E-state index contributed by atoms with van der Waals surface area (Å²) in [7, 11) is 0. The van der Waals surface area contributed by atoms with Crippen molar-refractivity contribution in [2.75, 3.05) is 5.73 Å². The van der Waals surface area contributed by atoms with Crippen molar-refractivity contribution in [1.29, 1.82) is 0 Å². The second-order valence-electron chi connectivity index (χ2n) is 5.06. The fraction of sp³-hybridized carbons (Fsp3) is 0.118. The number of anilines is 1. The maximum atomic E-state index is 6.06.